The Kier molecular flexibility index (Phi) is 3.65. The second-order valence-corrected chi connectivity index (χ2v) is 5.14. The number of rotatable bonds is 3. The molecule has 0 aliphatic carbocycles. The Morgan fingerprint density at radius 1 is 1.26 bits per heavy atom. The van der Waals surface area contributed by atoms with Crippen molar-refractivity contribution < 1.29 is 23.5 Å². The third-order valence-electron chi connectivity index (χ3n) is 3.66. The van der Waals surface area contributed by atoms with Gasteiger partial charge in [0.2, 0.25) is 0 Å². The van der Waals surface area contributed by atoms with Crippen molar-refractivity contribution in [3.05, 3.63) is 63.4 Å². The number of carbonyl (C=O) groups is 1. The van der Waals surface area contributed by atoms with E-state index in [1.54, 1.807) is 19.9 Å². The summed E-state index contributed by atoms with van der Waals surface area (Å²) < 4.78 is 15.4. The summed E-state index contributed by atoms with van der Waals surface area (Å²) in [4.78, 5) is 23.7. The highest BCUT2D eigenvalue weighted by atomic mass is 16.5. The summed E-state index contributed by atoms with van der Waals surface area (Å²) in [5.74, 6) is -0.0369. The summed E-state index contributed by atoms with van der Waals surface area (Å²) in [6, 6.07) is 5.92. The molecule has 0 aliphatic rings. The van der Waals surface area contributed by atoms with Gasteiger partial charge in [0.15, 0.2) is 0 Å². The molecule has 0 atom stereocenters. The molecule has 2 aromatic heterocycles. The second kappa shape index (κ2) is 5.64. The zero-order valence-corrected chi connectivity index (χ0v) is 12.6. The van der Waals surface area contributed by atoms with Gasteiger partial charge in [-0.05, 0) is 32.0 Å². The number of hydrogen-bond acceptors (Lipinski definition) is 6. The van der Waals surface area contributed by atoms with Crippen LogP contribution in [0.3, 0.4) is 0 Å². The minimum atomic E-state index is -0.572. The molecule has 0 radical (unpaired) electrons. The molecule has 0 aliphatic heterocycles. The standard InChI is InChI=1S/C17H14O6/c1-9-14(18)4-3-13-11(7-15(19)23-16(9)13)8-22-17(20)12-5-6-21-10(12)2/h3-7,18H,8H2,1-2H3. The number of aromatic hydroxyl groups is 1. The Bertz CT molecular complexity index is 947. The Balaban J connectivity index is 1.94. The molecule has 0 spiro atoms. The van der Waals surface area contributed by atoms with Crippen LogP contribution < -0.4 is 5.63 Å². The van der Waals surface area contributed by atoms with Gasteiger partial charge in [-0.1, -0.05) is 0 Å². The summed E-state index contributed by atoms with van der Waals surface area (Å²) in [5.41, 5.74) is 1.01. The van der Waals surface area contributed by atoms with E-state index in [2.05, 4.69) is 0 Å². The zero-order valence-electron chi connectivity index (χ0n) is 12.6. The van der Waals surface area contributed by atoms with Crippen LogP contribution in [0.4, 0.5) is 0 Å². The van der Waals surface area contributed by atoms with Crippen molar-refractivity contribution >= 4 is 16.9 Å². The number of carbonyl (C=O) groups excluding carboxylic acids is 1. The number of aryl methyl sites for hydroxylation is 2. The SMILES string of the molecule is Cc1occc1C(=O)OCc1cc(=O)oc2c(C)c(O)ccc12. The first-order valence-corrected chi connectivity index (χ1v) is 6.94. The van der Waals surface area contributed by atoms with Crippen molar-refractivity contribution in [3.8, 4) is 5.75 Å². The van der Waals surface area contributed by atoms with Gasteiger partial charge < -0.3 is 18.7 Å². The molecule has 0 bridgehead atoms. The lowest BCUT2D eigenvalue weighted by atomic mass is 10.1. The smallest absolute Gasteiger partial charge is 0.342 e. The minimum Gasteiger partial charge on any atom is -0.508 e. The maximum absolute atomic E-state index is 12.0. The molecular formula is C17H14O6. The van der Waals surface area contributed by atoms with Crippen molar-refractivity contribution in [2.24, 2.45) is 0 Å². The largest absolute Gasteiger partial charge is 0.508 e. The van der Waals surface area contributed by atoms with Crippen LogP contribution in [-0.2, 0) is 11.3 Å². The summed E-state index contributed by atoms with van der Waals surface area (Å²) in [6.45, 7) is 3.22. The highest BCUT2D eigenvalue weighted by Crippen LogP contribution is 2.27. The number of esters is 1. The van der Waals surface area contributed by atoms with Crippen LogP contribution >= 0.6 is 0 Å². The lowest BCUT2D eigenvalue weighted by Gasteiger charge is -2.09. The van der Waals surface area contributed by atoms with E-state index in [4.69, 9.17) is 13.6 Å². The van der Waals surface area contributed by atoms with Crippen LogP contribution in [0.2, 0.25) is 0 Å². The number of phenolic OH excluding ortho intramolecular Hbond substituents is 1. The van der Waals surface area contributed by atoms with Crippen molar-refractivity contribution in [3.63, 3.8) is 0 Å². The normalized spacial score (nSPS) is 10.9. The molecule has 6 heteroatoms. The summed E-state index contributed by atoms with van der Waals surface area (Å²) in [7, 11) is 0. The molecule has 3 aromatic rings. The van der Waals surface area contributed by atoms with Crippen LogP contribution in [0.15, 0.2) is 44.2 Å². The average Bonchev–Trinajstić information content (AvgIpc) is 2.95. The van der Waals surface area contributed by atoms with Crippen molar-refractivity contribution in [1.29, 1.82) is 0 Å². The number of ether oxygens (including phenoxy) is 1. The van der Waals surface area contributed by atoms with Gasteiger partial charge in [0.1, 0.15) is 29.3 Å². The quantitative estimate of drug-likeness (QED) is 0.590. The van der Waals surface area contributed by atoms with E-state index in [0.29, 0.717) is 27.8 Å². The lowest BCUT2D eigenvalue weighted by molar-refractivity contribution is 0.0472. The molecule has 118 valence electrons. The molecule has 0 amide bonds. The third-order valence-corrected chi connectivity index (χ3v) is 3.66. The van der Waals surface area contributed by atoms with Crippen LogP contribution in [0.1, 0.15) is 27.2 Å². The van der Waals surface area contributed by atoms with Crippen LogP contribution in [0.25, 0.3) is 11.0 Å². The minimum absolute atomic E-state index is 0.0313. The monoisotopic (exact) mass is 314 g/mol. The Morgan fingerprint density at radius 3 is 2.74 bits per heavy atom. The molecular weight excluding hydrogens is 300 g/mol. The van der Waals surface area contributed by atoms with Crippen molar-refractivity contribution in [2.45, 2.75) is 20.5 Å². The third kappa shape index (κ3) is 2.70. The summed E-state index contributed by atoms with van der Waals surface area (Å²) >= 11 is 0. The van der Waals surface area contributed by atoms with E-state index >= 15 is 0 Å². The predicted octanol–water partition coefficient (Wildman–Crippen LogP) is 3.07. The fourth-order valence-corrected chi connectivity index (χ4v) is 2.35. The van der Waals surface area contributed by atoms with E-state index < -0.39 is 11.6 Å². The first-order valence-electron chi connectivity index (χ1n) is 6.94. The van der Waals surface area contributed by atoms with Crippen LogP contribution in [0, 0.1) is 13.8 Å². The molecule has 23 heavy (non-hydrogen) atoms. The zero-order chi connectivity index (χ0) is 16.6. The molecule has 3 rings (SSSR count). The molecule has 0 saturated heterocycles. The van der Waals surface area contributed by atoms with E-state index in [0.717, 1.165) is 0 Å². The molecule has 6 nitrogen and oxygen atoms in total. The number of furan rings is 1. The molecule has 2 heterocycles. The fraction of sp³-hybridized carbons (Fsp3) is 0.176. The van der Waals surface area contributed by atoms with Gasteiger partial charge in [0.05, 0.1) is 6.26 Å². The van der Waals surface area contributed by atoms with Crippen LogP contribution in [-0.4, -0.2) is 11.1 Å². The van der Waals surface area contributed by atoms with Gasteiger partial charge in [0, 0.05) is 22.6 Å². The highest BCUT2D eigenvalue weighted by Gasteiger charge is 2.15. The van der Waals surface area contributed by atoms with Gasteiger partial charge in [-0.3, -0.25) is 0 Å². The van der Waals surface area contributed by atoms with Gasteiger partial charge in [0.25, 0.3) is 0 Å². The highest BCUT2D eigenvalue weighted by molar-refractivity contribution is 5.90. The lowest BCUT2D eigenvalue weighted by Crippen LogP contribution is -2.08. The van der Waals surface area contributed by atoms with E-state index in [1.165, 1.54) is 24.5 Å². The fourth-order valence-electron chi connectivity index (χ4n) is 2.35. The summed E-state index contributed by atoms with van der Waals surface area (Å²) in [6.07, 6.45) is 1.41. The molecule has 0 unspecified atom stereocenters. The van der Waals surface area contributed by atoms with Gasteiger partial charge >= 0.3 is 11.6 Å². The van der Waals surface area contributed by atoms with E-state index in [-0.39, 0.29) is 17.9 Å². The molecule has 1 aromatic carbocycles. The van der Waals surface area contributed by atoms with Gasteiger partial charge in [-0.15, -0.1) is 0 Å². The maximum Gasteiger partial charge on any atom is 0.342 e. The van der Waals surface area contributed by atoms with Crippen LogP contribution in [0.5, 0.6) is 5.75 Å². The summed E-state index contributed by atoms with van der Waals surface area (Å²) in [5, 5.41) is 10.3. The maximum atomic E-state index is 12.0. The number of benzene rings is 1. The topological polar surface area (TPSA) is 89.9 Å². The number of fused-ring (bicyclic) bond motifs is 1. The van der Waals surface area contributed by atoms with E-state index in [1.807, 2.05) is 0 Å². The Labute approximate surface area is 130 Å². The Hall–Kier alpha value is -3.02. The first kappa shape index (κ1) is 14.9. The van der Waals surface area contributed by atoms with E-state index in [9.17, 15) is 14.7 Å². The van der Waals surface area contributed by atoms with Crippen molar-refractivity contribution in [1.82, 2.24) is 0 Å². The van der Waals surface area contributed by atoms with Gasteiger partial charge in [-0.2, -0.15) is 0 Å². The second-order valence-electron chi connectivity index (χ2n) is 5.14. The Morgan fingerprint density at radius 2 is 2.04 bits per heavy atom. The number of hydrogen-bond donors (Lipinski definition) is 1. The molecule has 0 saturated carbocycles. The van der Waals surface area contributed by atoms with Crippen molar-refractivity contribution in [2.75, 3.05) is 0 Å². The first-order chi connectivity index (χ1) is 11.0. The number of phenols is 1. The van der Waals surface area contributed by atoms with Gasteiger partial charge in [-0.25, -0.2) is 9.59 Å². The molecule has 0 fully saturated rings. The predicted molar refractivity (Wildman–Crippen MR) is 81.5 cm³/mol. The molecule has 1 N–H and O–H groups in total. The average molecular weight is 314 g/mol.